The average molecular weight is 462 g/mol. The molecule has 0 saturated carbocycles. The standard InChI is InChI=1S/C24H33FN4O4/c1-32-23-19(24(31)28-14-18(30)15-29-10-12-33-13-11-29)7-9-21(27)22(23)20(26)8-4-16-2-5-17(25)6-3-16/h2-3,5-7,9,18,24,26,28,30-31H,4,8,10-15,27H2,1H3/p+1. The van der Waals surface area contributed by atoms with Gasteiger partial charge in [-0.05, 0) is 36.2 Å². The van der Waals surface area contributed by atoms with Gasteiger partial charge in [0, 0.05) is 43.9 Å². The lowest BCUT2D eigenvalue weighted by atomic mass is 9.97. The molecule has 1 heterocycles. The van der Waals surface area contributed by atoms with Crippen molar-refractivity contribution in [2.45, 2.75) is 25.2 Å². The Balaban J connectivity index is 1.64. The summed E-state index contributed by atoms with van der Waals surface area (Å²) < 4.78 is 24.0. The van der Waals surface area contributed by atoms with Gasteiger partial charge in [-0.2, -0.15) is 0 Å². The number of aliphatic hydroxyl groups excluding tert-OH is 2. The first-order chi connectivity index (χ1) is 15.9. The number of benzene rings is 2. The van der Waals surface area contributed by atoms with Gasteiger partial charge in [0.1, 0.15) is 23.4 Å². The number of hydrogen-bond donors (Lipinski definition) is 5. The van der Waals surface area contributed by atoms with Crippen molar-refractivity contribution in [2.24, 2.45) is 0 Å². The third kappa shape index (κ3) is 6.96. The number of anilines is 1. The monoisotopic (exact) mass is 461 g/mol. The number of halogens is 1. The summed E-state index contributed by atoms with van der Waals surface area (Å²) in [6.45, 7) is 3.58. The van der Waals surface area contributed by atoms with Crippen molar-refractivity contribution in [2.75, 3.05) is 52.2 Å². The molecule has 0 radical (unpaired) electrons. The van der Waals surface area contributed by atoms with Crippen molar-refractivity contribution in [3.05, 3.63) is 58.9 Å². The molecule has 1 aliphatic heterocycles. The first-order valence-electron chi connectivity index (χ1n) is 11.1. The van der Waals surface area contributed by atoms with Crippen molar-refractivity contribution < 1.29 is 29.5 Å². The molecule has 2 aromatic carbocycles. The van der Waals surface area contributed by atoms with Crippen molar-refractivity contribution in [3.63, 3.8) is 0 Å². The van der Waals surface area contributed by atoms with Crippen LogP contribution in [0, 0.1) is 5.82 Å². The Bertz CT molecular complexity index is 919. The van der Waals surface area contributed by atoms with Crippen molar-refractivity contribution in [3.8, 4) is 5.75 Å². The van der Waals surface area contributed by atoms with Gasteiger partial charge < -0.3 is 25.4 Å². The maximum absolute atomic E-state index is 13.1. The predicted octanol–water partition coefficient (Wildman–Crippen LogP) is -0.129. The Hall–Kier alpha value is -2.56. The van der Waals surface area contributed by atoms with Crippen molar-refractivity contribution in [1.29, 1.82) is 0 Å². The van der Waals surface area contributed by atoms with Crippen LogP contribution in [0.4, 0.5) is 10.1 Å². The summed E-state index contributed by atoms with van der Waals surface area (Å²) in [4.78, 5) is 2.13. The van der Waals surface area contributed by atoms with E-state index in [1.807, 2.05) is 0 Å². The highest BCUT2D eigenvalue weighted by molar-refractivity contribution is 6.03. The number of nitrogens with one attached hydrogen (secondary N) is 1. The highest BCUT2D eigenvalue weighted by Crippen LogP contribution is 2.33. The normalized spacial score (nSPS) is 16.4. The fraction of sp³-hybridized carbons (Fsp3) is 0.458. The number of hydrogen-bond acceptors (Lipinski definition) is 7. The number of rotatable bonds is 11. The third-order valence-electron chi connectivity index (χ3n) is 5.76. The van der Waals surface area contributed by atoms with Crippen LogP contribution in [-0.4, -0.2) is 73.4 Å². The lowest BCUT2D eigenvalue weighted by molar-refractivity contribution is -0.115. The summed E-state index contributed by atoms with van der Waals surface area (Å²) in [6.07, 6.45) is -0.641. The van der Waals surface area contributed by atoms with Gasteiger partial charge in [0.2, 0.25) is 0 Å². The van der Waals surface area contributed by atoms with Crippen LogP contribution < -0.4 is 21.2 Å². The number of methoxy groups -OCH3 is 1. The molecule has 2 atom stereocenters. The predicted molar refractivity (Wildman–Crippen MR) is 124 cm³/mol. The van der Waals surface area contributed by atoms with Crippen LogP contribution in [0.25, 0.3) is 0 Å². The Morgan fingerprint density at radius 3 is 2.58 bits per heavy atom. The van der Waals surface area contributed by atoms with E-state index in [-0.39, 0.29) is 12.4 Å². The molecule has 2 aromatic rings. The molecule has 2 unspecified atom stereocenters. The van der Waals surface area contributed by atoms with Crippen LogP contribution in [-0.2, 0) is 11.2 Å². The number of nitrogens with zero attached hydrogens (tertiary/aromatic N) is 1. The Morgan fingerprint density at radius 2 is 1.91 bits per heavy atom. The number of aryl methyl sites for hydroxylation is 1. The Morgan fingerprint density at radius 1 is 1.21 bits per heavy atom. The number of morpholine rings is 1. The molecule has 0 amide bonds. The van der Waals surface area contributed by atoms with Crippen LogP contribution in [0.3, 0.4) is 0 Å². The molecule has 1 saturated heterocycles. The number of nitrogen functional groups attached to an aromatic ring is 1. The molecule has 1 aliphatic rings. The van der Waals surface area contributed by atoms with E-state index in [4.69, 9.17) is 20.6 Å². The van der Waals surface area contributed by atoms with Gasteiger partial charge in [0.25, 0.3) is 0 Å². The van der Waals surface area contributed by atoms with Crippen molar-refractivity contribution in [1.82, 2.24) is 10.2 Å². The third-order valence-corrected chi connectivity index (χ3v) is 5.76. The first-order valence-corrected chi connectivity index (χ1v) is 11.1. The van der Waals surface area contributed by atoms with Crippen LogP contribution in [0.15, 0.2) is 36.4 Å². The largest absolute Gasteiger partial charge is 0.495 e. The minimum absolute atomic E-state index is 0.200. The fourth-order valence-corrected chi connectivity index (χ4v) is 3.94. The van der Waals surface area contributed by atoms with Gasteiger partial charge in [0.05, 0.1) is 26.4 Å². The lowest BCUT2D eigenvalue weighted by Crippen LogP contribution is -2.44. The second-order valence-electron chi connectivity index (χ2n) is 8.18. The van der Waals surface area contributed by atoms with E-state index in [9.17, 15) is 14.6 Å². The van der Waals surface area contributed by atoms with E-state index < -0.39 is 12.3 Å². The smallest absolute Gasteiger partial charge is 0.186 e. The quantitative estimate of drug-likeness (QED) is 0.179. The molecule has 9 heteroatoms. The van der Waals surface area contributed by atoms with E-state index in [1.54, 1.807) is 24.3 Å². The summed E-state index contributed by atoms with van der Waals surface area (Å²) in [5.41, 5.74) is 9.10. The molecule has 0 spiro atoms. The second kappa shape index (κ2) is 12.1. The summed E-state index contributed by atoms with van der Waals surface area (Å²) >= 11 is 0. The zero-order chi connectivity index (χ0) is 23.8. The van der Waals surface area contributed by atoms with Gasteiger partial charge in [-0.1, -0.05) is 12.1 Å². The SMILES string of the molecule is COc1c(C(O)NCC(O)CN2CCOCC2)ccc(N)c1C(=[NH2+])CCc1ccc(F)cc1. The molecule has 8 nitrogen and oxygen atoms in total. The summed E-state index contributed by atoms with van der Waals surface area (Å²) in [5, 5.41) is 30.4. The number of nitrogens with two attached hydrogens (primary N) is 2. The van der Waals surface area contributed by atoms with E-state index in [0.717, 1.165) is 18.7 Å². The maximum Gasteiger partial charge on any atom is 0.186 e. The second-order valence-corrected chi connectivity index (χ2v) is 8.18. The van der Waals surface area contributed by atoms with Crippen LogP contribution in [0.1, 0.15) is 29.3 Å². The number of β-amino-alcohol motifs (C(OH)–C–C–N with tert-alkyl or cyclic N) is 1. The van der Waals surface area contributed by atoms with E-state index >= 15 is 0 Å². The van der Waals surface area contributed by atoms with Gasteiger partial charge >= 0.3 is 0 Å². The van der Waals surface area contributed by atoms with Crippen molar-refractivity contribution >= 4 is 11.4 Å². The van der Waals surface area contributed by atoms with E-state index in [2.05, 4.69) is 10.2 Å². The number of ether oxygens (including phenoxy) is 2. The summed E-state index contributed by atoms with van der Waals surface area (Å²) in [7, 11) is 1.50. The molecule has 0 aliphatic carbocycles. The highest BCUT2D eigenvalue weighted by Gasteiger charge is 2.24. The summed E-state index contributed by atoms with van der Waals surface area (Å²) in [5.74, 6) is 0.0974. The zero-order valence-electron chi connectivity index (χ0n) is 19.0. The first kappa shape index (κ1) is 25.1. The summed E-state index contributed by atoms with van der Waals surface area (Å²) in [6, 6.07) is 9.61. The highest BCUT2D eigenvalue weighted by atomic mass is 19.1. The maximum atomic E-state index is 13.1. The molecule has 33 heavy (non-hydrogen) atoms. The van der Waals surface area contributed by atoms with Crippen LogP contribution >= 0.6 is 0 Å². The molecule has 3 rings (SSSR count). The molecule has 7 N–H and O–H groups in total. The average Bonchev–Trinajstić information content (AvgIpc) is 2.82. The Labute approximate surface area is 193 Å². The van der Waals surface area contributed by atoms with Crippen LogP contribution in [0.2, 0.25) is 0 Å². The Kier molecular flexibility index (Phi) is 9.16. The minimum atomic E-state index is -1.08. The van der Waals surface area contributed by atoms with Gasteiger partial charge in [0.15, 0.2) is 5.71 Å². The molecular formula is C24H34FN4O4+. The van der Waals surface area contributed by atoms with E-state index in [0.29, 0.717) is 60.9 Å². The molecular weight excluding hydrogens is 427 g/mol. The molecule has 1 fully saturated rings. The van der Waals surface area contributed by atoms with Gasteiger partial charge in [-0.3, -0.25) is 15.6 Å². The molecule has 0 aromatic heterocycles. The van der Waals surface area contributed by atoms with E-state index in [1.165, 1.54) is 19.2 Å². The topological polar surface area (TPSA) is 126 Å². The fourth-order valence-electron chi connectivity index (χ4n) is 3.94. The lowest BCUT2D eigenvalue weighted by Gasteiger charge is -2.29. The van der Waals surface area contributed by atoms with Gasteiger partial charge in [-0.15, -0.1) is 0 Å². The number of aliphatic hydroxyl groups is 2. The minimum Gasteiger partial charge on any atom is -0.495 e. The molecule has 0 bridgehead atoms. The molecule has 180 valence electrons. The van der Waals surface area contributed by atoms with Gasteiger partial charge in [-0.25, -0.2) is 4.39 Å². The van der Waals surface area contributed by atoms with Crippen LogP contribution in [0.5, 0.6) is 5.75 Å². The zero-order valence-corrected chi connectivity index (χ0v) is 19.0.